The van der Waals surface area contributed by atoms with Gasteiger partial charge in [0.2, 0.25) is 0 Å². The Kier molecular flexibility index (Phi) is 2.36. The first kappa shape index (κ1) is 8.76. The lowest BCUT2D eigenvalue weighted by Crippen LogP contribution is -2.27. The second-order valence-electron chi connectivity index (χ2n) is 4.07. The molecule has 2 rings (SSSR count). The predicted octanol–water partition coefficient (Wildman–Crippen LogP) is 2.78. The predicted molar refractivity (Wildman–Crippen MR) is 53.6 cm³/mol. The van der Waals surface area contributed by atoms with Crippen LogP contribution in [-0.4, -0.2) is 6.10 Å². The van der Waals surface area contributed by atoms with Gasteiger partial charge in [-0.05, 0) is 23.5 Å². The van der Waals surface area contributed by atoms with Crippen LogP contribution in [0.3, 0.4) is 0 Å². The van der Waals surface area contributed by atoms with Crippen LogP contribution in [0.25, 0.3) is 0 Å². The van der Waals surface area contributed by atoms with Crippen molar-refractivity contribution < 1.29 is 4.74 Å². The molecule has 1 aromatic rings. The van der Waals surface area contributed by atoms with Crippen molar-refractivity contribution >= 4 is 0 Å². The van der Waals surface area contributed by atoms with Gasteiger partial charge in [-0.3, -0.25) is 0 Å². The first-order valence-corrected chi connectivity index (χ1v) is 4.96. The van der Waals surface area contributed by atoms with Gasteiger partial charge in [0, 0.05) is 0 Å². The monoisotopic (exact) mass is 176 g/mol. The Hall–Kier alpha value is -0.820. The van der Waals surface area contributed by atoms with Crippen LogP contribution in [-0.2, 0) is 17.8 Å². The zero-order valence-corrected chi connectivity index (χ0v) is 8.29. The summed E-state index contributed by atoms with van der Waals surface area (Å²) in [5.41, 5.74) is 2.83. The lowest BCUT2D eigenvalue weighted by atomic mass is 9.93. The zero-order valence-electron chi connectivity index (χ0n) is 8.29. The van der Waals surface area contributed by atoms with Crippen LogP contribution in [0.15, 0.2) is 24.3 Å². The fourth-order valence-electron chi connectivity index (χ4n) is 1.80. The Labute approximate surface area is 79.7 Å². The molecular formula is C12H16O. The molecule has 1 nitrogen and oxygen atoms in total. The van der Waals surface area contributed by atoms with E-state index in [1.165, 1.54) is 11.1 Å². The van der Waals surface area contributed by atoms with E-state index in [0.717, 1.165) is 13.0 Å². The van der Waals surface area contributed by atoms with Gasteiger partial charge in [0.1, 0.15) is 0 Å². The van der Waals surface area contributed by atoms with Gasteiger partial charge in [-0.15, -0.1) is 0 Å². The molecule has 1 heterocycles. The molecular weight excluding hydrogens is 160 g/mol. The molecule has 1 aliphatic rings. The molecule has 0 spiro atoms. The van der Waals surface area contributed by atoms with Gasteiger partial charge < -0.3 is 4.74 Å². The summed E-state index contributed by atoms with van der Waals surface area (Å²) in [6.45, 7) is 5.23. The van der Waals surface area contributed by atoms with Crippen molar-refractivity contribution in [3.63, 3.8) is 0 Å². The molecule has 1 heteroatoms. The van der Waals surface area contributed by atoms with Gasteiger partial charge in [-0.2, -0.15) is 0 Å². The van der Waals surface area contributed by atoms with Crippen molar-refractivity contribution in [2.24, 2.45) is 5.92 Å². The second-order valence-corrected chi connectivity index (χ2v) is 4.07. The van der Waals surface area contributed by atoms with E-state index in [1.54, 1.807) is 0 Å². The highest BCUT2D eigenvalue weighted by Crippen LogP contribution is 2.23. The van der Waals surface area contributed by atoms with Crippen LogP contribution >= 0.6 is 0 Å². The summed E-state index contributed by atoms with van der Waals surface area (Å²) in [5, 5.41) is 0. The van der Waals surface area contributed by atoms with Crippen LogP contribution in [0.1, 0.15) is 25.0 Å². The number of hydrogen-bond donors (Lipinski definition) is 0. The summed E-state index contributed by atoms with van der Waals surface area (Å²) in [7, 11) is 0. The standard InChI is InChI=1S/C12H16O/c1-9(2)12-7-10-5-3-4-6-11(10)8-13-12/h3-6,9,12H,7-8H2,1-2H3/t12-/m1/s1. The van der Waals surface area contributed by atoms with Crippen molar-refractivity contribution in [1.82, 2.24) is 0 Å². The molecule has 13 heavy (non-hydrogen) atoms. The Balaban J connectivity index is 2.20. The molecule has 1 atom stereocenters. The van der Waals surface area contributed by atoms with E-state index in [2.05, 4.69) is 38.1 Å². The normalized spacial score (nSPS) is 21.6. The third kappa shape index (κ3) is 1.75. The number of benzene rings is 1. The fourth-order valence-corrected chi connectivity index (χ4v) is 1.80. The number of ether oxygens (including phenoxy) is 1. The minimum absolute atomic E-state index is 0.412. The highest BCUT2D eigenvalue weighted by atomic mass is 16.5. The molecule has 0 saturated heterocycles. The van der Waals surface area contributed by atoms with E-state index in [-0.39, 0.29) is 0 Å². The molecule has 0 N–H and O–H groups in total. The smallest absolute Gasteiger partial charge is 0.0723 e. The Bertz CT molecular complexity index is 291. The first-order valence-electron chi connectivity index (χ1n) is 4.96. The first-order chi connectivity index (χ1) is 6.27. The second kappa shape index (κ2) is 3.51. The van der Waals surface area contributed by atoms with Crippen LogP contribution in [0.4, 0.5) is 0 Å². The summed E-state index contributed by atoms with van der Waals surface area (Å²) in [4.78, 5) is 0. The van der Waals surface area contributed by atoms with Crippen molar-refractivity contribution in [2.45, 2.75) is 33.0 Å². The van der Waals surface area contributed by atoms with Gasteiger partial charge in [-0.1, -0.05) is 38.1 Å². The molecule has 0 bridgehead atoms. The Morgan fingerprint density at radius 1 is 1.23 bits per heavy atom. The maximum Gasteiger partial charge on any atom is 0.0723 e. The lowest BCUT2D eigenvalue weighted by Gasteiger charge is -2.27. The molecule has 0 aliphatic carbocycles. The van der Waals surface area contributed by atoms with E-state index >= 15 is 0 Å². The minimum atomic E-state index is 0.412. The highest BCUT2D eigenvalue weighted by molar-refractivity contribution is 5.28. The average Bonchev–Trinajstić information content (AvgIpc) is 2.17. The summed E-state index contributed by atoms with van der Waals surface area (Å²) < 4.78 is 5.77. The third-order valence-electron chi connectivity index (χ3n) is 2.74. The van der Waals surface area contributed by atoms with Gasteiger partial charge in [0.15, 0.2) is 0 Å². The average molecular weight is 176 g/mol. The summed E-state index contributed by atoms with van der Waals surface area (Å²) >= 11 is 0. The highest BCUT2D eigenvalue weighted by Gasteiger charge is 2.20. The van der Waals surface area contributed by atoms with E-state index in [1.807, 2.05) is 0 Å². The molecule has 0 amide bonds. The van der Waals surface area contributed by atoms with Crippen LogP contribution in [0.2, 0.25) is 0 Å². The fraction of sp³-hybridized carbons (Fsp3) is 0.500. The number of hydrogen-bond acceptors (Lipinski definition) is 1. The maximum atomic E-state index is 5.77. The molecule has 0 unspecified atom stereocenters. The quantitative estimate of drug-likeness (QED) is 0.639. The lowest BCUT2D eigenvalue weighted by molar-refractivity contribution is -0.000280. The van der Waals surface area contributed by atoms with E-state index in [4.69, 9.17) is 4.74 Å². The topological polar surface area (TPSA) is 9.23 Å². The van der Waals surface area contributed by atoms with E-state index in [0.29, 0.717) is 12.0 Å². The van der Waals surface area contributed by atoms with E-state index < -0.39 is 0 Å². The Morgan fingerprint density at radius 2 is 1.92 bits per heavy atom. The summed E-state index contributed by atoms with van der Waals surface area (Å²) in [6.07, 6.45) is 1.49. The van der Waals surface area contributed by atoms with E-state index in [9.17, 15) is 0 Å². The maximum absolute atomic E-state index is 5.77. The molecule has 1 aliphatic heterocycles. The van der Waals surface area contributed by atoms with Gasteiger partial charge in [0.05, 0.1) is 12.7 Å². The number of rotatable bonds is 1. The molecule has 0 aromatic heterocycles. The molecule has 0 radical (unpaired) electrons. The van der Waals surface area contributed by atoms with Gasteiger partial charge in [-0.25, -0.2) is 0 Å². The molecule has 0 saturated carbocycles. The van der Waals surface area contributed by atoms with Gasteiger partial charge in [0.25, 0.3) is 0 Å². The number of fused-ring (bicyclic) bond motifs is 1. The Morgan fingerprint density at radius 3 is 2.62 bits per heavy atom. The van der Waals surface area contributed by atoms with Crippen molar-refractivity contribution in [1.29, 1.82) is 0 Å². The minimum Gasteiger partial charge on any atom is -0.373 e. The van der Waals surface area contributed by atoms with Crippen LogP contribution in [0, 0.1) is 5.92 Å². The van der Waals surface area contributed by atoms with Gasteiger partial charge >= 0.3 is 0 Å². The molecule has 70 valence electrons. The van der Waals surface area contributed by atoms with Crippen molar-refractivity contribution in [3.05, 3.63) is 35.4 Å². The molecule has 0 fully saturated rings. The summed E-state index contributed by atoms with van der Waals surface area (Å²) in [6, 6.07) is 8.57. The third-order valence-corrected chi connectivity index (χ3v) is 2.74. The van der Waals surface area contributed by atoms with Crippen molar-refractivity contribution in [3.8, 4) is 0 Å². The SMILES string of the molecule is CC(C)[C@H]1Cc2ccccc2CO1. The van der Waals surface area contributed by atoms with Crippen molar-refractivity contribution in [2.75, 3.05) is 0 Å². The van der Waals surface area contributed by atoms with Crippen LogP contribution in [0.5, 0.6) is 0 Å². The van der Waals surface area contributed by atoms with Crippen LogP contribution < -0.4 is 0 Å². The molecule has 1 aromatic carbocycles. The summed E-state index contributed by atoms with van der Waals surface area (Å²) in [5.74, 6) is 0.619. The zero-order chi connectivity index (χ0) is 9.26. The largest absolute Gasteiger partial charge is 0.373 e.